The molecule has 4 N–H and O–H groups in total. The predicted molar refractivity (Wildman–Crippen MR) is 102 cm³/mol. The normalized spacial score (nSPS) is 12.3. The Hall–Kier alpha value is -2.69. The molecule has 0 aliphatic rings. The summed E-state index contributed by atoms with van der Waals surface area (Å²) in [4.78, 5) is 30.8. The maximum absolute atomic E-state index is 12.6. The van der Waals surface area contributed by atoms with Gasteiger partial charge in [0, 0.05) is 29.0 Å². The molecule has 9 nitrogen and oxygen atoms in total. The van der Waals surface area contributed by atoms with Gasteiger partial charge in [0.05, 0.1) is 10.5 Å². The molecule has 2 heterocycles. The Morgan fingerprint density at radius 1 is 1.30 bits per heavy atom. The van der Waals surface area contributed by atoms with Crippen LogP contribution in [0.5, 0.6) is 0 Å². The van der Waals surface area contributed by atoms with Crippen molar-refractivity contribution in [1.29, 1.82) is 0 Å². The molecular formula is C17H20N4O5S. The number of rotatable bonds is 7. The van der Waals surface area contributed by atoms with Crippen LogP contribution in [0.15, 0.2) is 34.1 Å². The molecule has 0 spiro atoms. The minimum atomic E-state index is -3.76. The molecule has 1 aromatic carbocycles. The van der Waals surface area contributed by atoms with Gasteiger partial charge < -0.3 is 20.0 Å². The molecular weight excluding hydrogens is 372 g/mol. The number of H-pyrrole nitrogens is 2. The van der Waals surface area contributed by atoms with E-state index in [2.05, 4.69) is 14.7 Å². The Balaban J connectivity index is 2.07. The summed E-state index contributed by atoms with van der Waals surface area (Å²) < 4.78 is 27.7. The Morgan fingerprint density at radius 2 is 2.04 bits per heavy atom. The highest BCUT2D eigenvalue weighted by molar-refractivity contribution is 7.89. The molecule has 0 amide bonds. The lowest BCUT2D eigenvalue weighted by molar-refractivity contribution is 0.0699. The second-order valence-electron chi connectivity index (χ2n) is 6.47. The van der Waals surface area contributed by atoms with Gasteiger partial charge in [-0.25, -0.2) is 17.9 Å². The van der Waals surface area contributed by atoms with E-state index in [1.54, 1.807) is 0 Å². The van der Waals surface area contributed by atoms with Gasteiger partial charge in [0.2, 0.25) is 10.0 Å². The van der Waals surface area contributed by atoms with Crippen molar-refractivity contribution in [2.75, 3.05) is 27.2 Å². The zero-order chi connectivity index (χ0) is 19.8. The van der Waals surface area contributed by atoms with Crippen molar-refractivity contribution in [1.82, 2.24) is 19.6 Å². The number of benzene rings is 1. The van der Waals surface area contributed by atoms with E-state index in [0.29, 0.717) is 17.3 Å². The second-order valence-corrected chi connectivity index (χ2v) is 8.24. The first-order valence-electron chi connectivity index (χ1n) is 8.25. The smallest absolute Gasteiger partial charge is 0.337 e. The highest BCUT2D eigenvalue weighted by atomic mass is 32.2. The highest BCUT2D eigenvalue weighted by Crippen LogP contribution is 2.27. The van der Waals surface area contributed by atoms with E-state index < -0.39 is 21.6 Å². The summed E-state index contributed by atoms with van der Waals surface area (Å²) in [5, 5.41) is 9.91. The van der Waals surface area contributed by atoms with Gasteiger partial charge in [-0.05, 0) is 45.3 Å². The fourth-order valence-electron chi connectivity index (χ4n) is 2.93. The number of nitrogens with one attached hydrogen (secondary N) is 3. The fourth-order valence-corrected chi connectivity index (χ4v) is 4.03. The molecule has 144 valence electrons. The molecule has 0 aliphatic heterocycles. The quantitative estimate of drug-likeness (QED) is 0.442. The van der Waals surface area contributed by atoms with Gasteiger partial charge in [0.25, 0.3) is 5.56 Å². The van der Waals surface area contributed by atoms with Crippen molar-refractivity contribution < 1.29 is 18.3 Å². The van der Waals surface area contributed by atoms with E-state index in [1.165, 1.54) is 24.4 Å². The number of hydrogen-bond donors (Lipinski definition) is 4. The van der Waals surface area contributed by atoms with Crippen molar-refractivity contribution in [2.24, 2.45) is 0 Å². The van der Waals surface area contributed by atoms with Gasteiger partial charge in [0.1, 0.15) is 5.52 Å². The maximum atomic E-state index is 12.6. The number of aromatic amines is 2. The van der Waals surface area contributed by atoms with E-state index in [4.69, 9.17) is 0 Å². The minimum Gasteiger partial charge on any atom is -0.478 e. The lowest BCUT2D eigenvalue weighted by Gasteiger charge is -2.11. The van der Waals surface area contributed by atoms with Gasteiger partial charge in [-0.15, -0.1) is 0 Å². The molecule has 10 heteroatoms. The zero-order valence-corrected chi connectivity index (χ0v) is 15.7. The molecule has 0 aliphatic carbocycles. The van der Waals surface area contributed by atoms with E-state index in [9.17, 15) is 23.1 Å². The first-order chi connectivity index (χ1) is 12.7. The molecule has 3 aromatic rings. The van der Waals surface area contributed by atoms with Gasteiger partial charge in [-0.2, -0.15) is 0 Å². The van der Waals surface area contributed by atoms with Crippen molar-refractivity contribution in [3.63, 3.8) is 0 Å². The highest BCUT2D eigenvalue weighted by Gasteiger charge is 2.19. The summed E-state index contributed by atoms with van der Waals surface area (Å²) in [7, 11) is 0.0443. The summed E-state index contributed by atoms with van der Waals surface area (Å²) in [6.07, 6.45) is 1.88. The molecule has 3 rings (SSSR count). The zero-order valence-electron chi connectivity index (χ0n) is 14.9. The number of carboxylic acids is 1. The van der Waals surface area contributed by atoms with Crippen molar-refractivity contribution >= 4 is 37.8 Å². The van der Waals surface area contributed by atoms with Crippen LogP contribution >= 0.6 is 0 Å². The molecule has 0 bridgehead atoms. The first kappa shape index (κ1) is 19.1. The number of aromatic carboxylic acids is 1. The Kier molecular flexibility index (Phi) is 5.05. The van der Waals surface area contributed by atoms with Crippen LogP contribution in [0.3, 0.4) is 0 Å². The minimum absolute atomic E-state index is 0.00532. The van der Waals surface area contributed by atoms with Crippen LogP contribution in [0.4, 0.5) is 0 Å². The molecule has 0 unspecified atom stereocenters. The molecule has 0 atom stereocenters. The fraction of sp³-hybridized carbons (Fsp3) is 0.294. The number of nitrogens with zero attached hydrogens (tertiary/aromatic N) is 1. The van der Waals surface area contributed by atoms with Crippen LogP contribution in [-0.2, 0) is 10.0 Å². The monoisotopic (exact) mass is 392 g/mol. The third kappa shape index (κ3) is 3.72. The maximum Gasteiger partial charge on any atom is 0.337 e. The average molecular weight is 392 g/mol. The van der Waals surface area contributed by atoms with Crippen LogP contribution in [-0.4, -0.2) is 61.5 Å². The molecule has 0 saturated carbocycles. The molecule has 0 radical (unpaired) electrons. The molecule has 0 fully saturated rings. The summed E-state index contributed by atoms with van der Waals surface area (Å²) in [6, 6.07) is 4.22. The first-order valence-corrected chi connectivity index (χ1v) is 9.74. The van der Waals surface area contributed by atoms with Gasteiger partial charge >= 0.3 is 5.97 Å². The number of sulfonamides is 1. The number of hydrogen-bond acceptors (Lipinski definition) is 5. The van der Waals surface area contributed by atoms with Gasteiger partial charge in [-0.1, -0.05) is 0 Å². The third-order valence-corrected chi connectivity index (χ3v) is 5.69. The Morgan fingerprint density at radius 3 is 2.70 bits per heavy atom. The number of fused-ring (bicyclic) bond motifs is 3. The van der Waals surface area contributed by atoms with Crippen LogP contribution < -0.4 is 10.3 Å². The summed E-state index contributed by atoms with van der Waals surface area (Å²) >= 11 is 0. The topological polar surface area (TPSA) is 135 Å². The summed E-state index contributed by atoms with van der Waals surface area (Å²) in [5.74, 6) is -1.21. The van der Waals surface area contributed by atoms with Crippen molar-refractivity contribution in [3.05, 3.63) is 40.3 Å². The Labute approximate surface area is 155 Å². The van der Waals surface area contributed by atoms with Crippen molar-refractivity contribution in [3.8, 4) is 0 Å². The lowest BCUT2D eigenvalue weighted by Crippen LogP contribution is -2.27. The number of carboxylic acid groups (broad SMARTS) is 1. The van der Waals surface area contributed by atoms with Crippen LogP contribution in [0, 0.1) is 0 Å². The largest absolute Gasteiger partial charge is 0.478 e. The lowest BCUT2D eigenvalue weighted by atomic mass is 10.1. The summed E-state index contributed by atoms with van der Waals surface area (Å²) in [5.41, 5.74) is -0.105. The van der Waals surface area contributed by atoms with Crippen LogP contribution in [0.1, 0.15) is 16.8 Å². The standard InChI is InChI=1S/C17H20N4O5S/c1-21(2)7-3-6-19-27(25,26)10-4-5-13-11(8-10)14-12(17(23)24)9-18-15(14)16(22)20-13/h4-5,8-9,18-19H,3,6-7H2,1-2H3,(H,20,22)(H,23,24). The second kappa shape index (κ2) is 7.14. The average Bonchev–Trinajstić information content (AvgIpc) is 3.04. The molecule has 27 heavy (non-hydrogen) atoms. The van der Waals surface area contributed by atoms with E-state index in [1.807, 2.05) is 19.0 Å². The van der Waals surface area contributed by atoms with E-state index >= 15 is 0 Å². The van der Waals surface area contributed by atoms with Crippen LogP contribution in [0.2, 0.25) is 0 Å². The van der Waals surface area contributed by atoms with E-state index in [-0.39, 0.29) is 27.9 Å². The van der Waals surface area contributed by atoms with Gasteiger partial charge in [-0.3, -0.25) is 4.79 Å². The molecule has 2 aromatic heterocycles. The number of carbonyl (C=O) groups is 1. The third-order valence-electron chi connectivity index (χ3n) is 4.23. The predicted octanol–water partition coefficient (Wildman–Crippen LogP) is 0.938. The van der Waals surface area contributed by atoms with Crippen LogP contribution in [0.25, 0.3) is 21.8 Å². The number of aromatic nitrogens is 2. The molecule has 0 saturated heterocycles. The van der Waals surface area contributed by atoms with Gasteiger partial charge in [0.15, 0.2) is 0 Å². The van der Waals surface area contributed by atoms with Crippen molar-refractivity contribution in [2.45, 2.75) is 11.3 Å². The van der Waals surface area contributed by atoms with E-state index in [0.717, 1.165) is 6.54 Å². The SMILES string of the molecule is CN(C)CCCNS(=O)(=O)c1ccc2[nH]c(=O)c3[nH]cc(C(=O)O)c3c2c1. The number of pyridine rings is 1. The summed E-state index contributed by atoms with van der Waals surface area (Å²) in [6.45, 7) is 1.03. The Bertz CT molecular complexity index is 1180.